The summed E-state index contributed by atoms with van der Waals surface area (Å²) in [6.07, 6.45) is 4.91. The van der Waals surface area contributed by atoms with Crippen LogP contribution in [0.15, 0.2) is 0 Å². The Kier molecular flexibility index (Phi) is 8.59. The van der Waals surface area contributed by atoms with Gasteiger partial charge in [0.2, 0.25) is 0 Å². The highest BCUT2D eigenvalue weighted by Crippen LogP contribution is 2.06. The average molecular weight is 257 g/mol. The fourth-order valence-corrected chi connectivity index (χ4v) is 2.41. The van der Waals surface area contributed by atoms with Gasteiger partial charge in [0.05, 0.1) is 6.61 Å². The van der Waals surface area contributed by atoms with E-state index in [4.69, 9.17) is 0 Å². The minimum Gasteiger partial charge on any atom is -0.395 e. The van der Waals surface area contributed by atoms with Crippen LogP contribution >= 0.6 is 0 Å². The highest BCUT2D eigenvalue weighted by atomic mass is 16.3. The van der Waals surface area contributed by atoms with Crippen molar-refractivity contribution in [1.82, 2.24) is 15.1 Å². The lowest BCUT2D eigenvalue weighted by molar-refractivity contribution is 0.208. The van der Waals surface area contributed by atoms with E-state index in [1.165, 1.54) is 32.5 Å². The molecular weight excluding hydrogens is 226 g/mol. The van der Waals surface area contributed by atoms with Crippen molar-refractivity contribution in [3.63, 3.8) is 0 Å². The highest BCUT2D eigenvalue weighted by Gasteiger charge is 2.12. The Morgan fingerprint density at radius 3 is 2.61 bits per heavy atom. The number of rotatable bonds is 10. The molecule has 0 aromatic rings. The predicted octanol–water partition coefficient (Wildman–Crippen LogP) is 0.765. The number of aliphatic hydroxyl groups is 1. The Labute approximate surface area is 112 Å². The summed E-state index contributed by atoms with van der Waals surface area (Å²) in [4.78, 5) is 4.93. The first-order chi connectivity index (χ1) is 8.76. The molecule has 1 aliphatic rings. The molecule has 18 heavy (non-hydrogen) atoms. The van der Waals surface area contributed by atoms with E-state index in [0.717, 1.165) is 32.5 Å². The van der Waals surface area contributed by atoms with Crippen LogP contribution < -0.4 is 5.32 Å². The number of likely N-dealkylation sites (tertiary alicyclic amines) is 1. The van der Waals surface area contributed by atoms with Crippen molar-refractivity contribution in [3.8, 4) is 0 Å². The molecule has 0 radical (unpaired) electrons. The minimum absolute atomic E-state index is 0.250. The molecule has 0 aliphatic carbocycles. The molecule has 0 aromatic carbocycles. The molecular formula is C14H31N3O. The van der Waals surface area contributed by atoms with Crippen LogP contribution in [0.1, 0.15) is 32.6 Å². The fourth-order valence-electron chi connectivity index (χ4n) is 2.41. The molecule has 1 heterocycles. The summed E-state index contributed by atoms with van der Waals surface area (Å²) in [6, 6.07) is 0.263. The first-order valence-electron chi connectivity index (χ1n) is 7.51. The maximum Gasteiger partial charge on any atom is 0.0585 e. The van der Waals surface area contributed by atoms with Gasteiger partial charge in [-0.15, -0.1) is 0 Å². The van der Waals surface area contributed by atoms with Crippen LogP contribution in [0.4, 0.5) is 0 Å². The quantitative estimate of drug-likeness (QED) is 0.606. The minimum atomic E-state index is 0.250. The molecule has 108 valence electrons. The van der Waals surface area contributed by atoms with Crippen molar-refractivity contribution in [3.05, 3.63) is 0 Å². The van der Waals surface area contributed by atoms with Crippen molar-refractivity contribution < 1.29 is 5.11 Å². The Bertz CT molecular complexity index is 195. The zero-order chi connectivity index (χ0) is 13.2. The first-order valence-corrected chi connectivity index (χ1v) is 7.51. The van der Waals surface area contributed by atoms with E-state index in [0.29, 0.717) is 0 Å². The summed E-state index contributed by atoms with van der Waals surface area (Å²) in [6.45, 7) is 9.38. The molecule has 1 fully saturated rings. The van der Waals surface area contributed by atoms with Gasteiger partial charge in [-0.3, -0.25) is 0 Å². The van der Waals surface area contributed by atoms with E-state index in [1.807, 2.05) is 0 Å². The molecule has 1 unspecified atom stereocenters. The number of hydrogen-bond acceptors (Lipinski definition) is 4. The van der Waals surface area contributed by atoms with Crippen molar-refractivity contribution in [2.75, 3.05) is 52.9 Å². The molecule has 0 aromatic heterocycles. The number of likely N-dealkylation sites (N-methyl/N-ethyl adjacent to an activating group) is 1. The van der Waals surface area contributed by atoms with E-state index < -0.39 is 0 Å². The van der Waals surface area contributed by atoms with Gasteiger partial charge in [-0.2, -0.15) is 0 Å². The summed E-state index contributed by atoms with van der Waals surface area (Å²) in [5.41, 5.74) is 0. The predicted molar refractivity (Wildman–Crippen MR) is 77.0 cm³/mol. The van der Waals surface area contributed by atoms with Gasteiger partial charge in [0, 0.05) is 19.1 Å². The molecule has 0 saturated carbocycles. The molecule has 4 heteroatoms. The van der Waals surface area contributed by atoms with Crippen molar-refractivity contribution in [1.29, 1.82) is 0 Å². The Hall–Kier alpha value is -0.160. The van der Waals surface area contributed by atoms with Crippen LogP contribution in [0.25, 0.3) is 0 Å². The molecule has 1 aliphatic heterocycles. The summed E-state index contributed by atoms with van der Waals surface area (Å²) in [5.74, 6) is 0. The second kappa shape index (κ2) is 9.73. The van der Waals surface area contributed by atoms with Gasteiger partial charge >= 0.3 is 0 Å². The second-order valence-corrected chi connectivity index (χ2v) is 5.47. The Balaban J connectivity index is 2.04. The second-order valence-electron chi connectivity index (χ2n) is 5.47. The summed E-state index contributed by atoms with van der Waals surface area (Å²) in [5, 5.41) is 12.7. The molecule has 0 spiro atoms. The lowest BCUT2D eigenvalue weighted by Crippen LogP contribution is -2.38. The standard InChI is InChI=1S/C14H31N3O/c1-3-7-15-14(13-18)6-10-16(2)11-12-17-8-4-5-9-17/h14-15,18H,3-13H2,1-2H3. The van der Waals surface area contributed by atoms with Crippen LogP contribution in [-0.2, 0) is 0 Å². The molecule has 4 nitrogen and oxygen atoms in total. The van der Waals surface area contributed by atoms with Crippen LogP contribution in [0.3, 0.4) is 0 Å². The molecule has 1 saturated heterocycles. The smallest absolute Gasteiger partial charge is 0.0585 e. The van der Waals surface area contributed by atoms with Gasteiger partial charge in [0.15, 0.2) is 0 Å². The summed E-state index contributed by atoms with van der Waals surface area (Å²) >= 11 is 0. The third kappa shape index (κ3) is 6.69. The van der Waals surface area contributed by atoms with Crippen LogP contribution in [-0.4, -0.2) is 73.9 Å². The topological polar surface area (TPSA) is 38.7 Å². The summed E-state index contributed by atoms with van der Waals surface area (Å²) in [7, 11) is 2.18. The monoisotopic (exact) mass is 257 g/mol. The maximum atomic E-state index is 9.28. The van der Waals surface area contributed by atoms with E-state index in [1.54, 1.807) is 0 Å². The van der Waals surface area contributed by atoms with Gasteiger partial charge < -0.3 is 20.2 Å². The largest absolute Gasteiger partial charge is 0.395 e. The third-order valence-electron chi connectivity index (χ3n) is 3.76. The summed E-state index contributed by atoms with van der Waals surface area (Å²) < 4.78 is 0. The zero-order valence-electron chi connectivity index (χ0n) is 12.2. The fraction of sp³-hybridized carbons (Fsp3) is 1.00. The van der Waals surface area contributed by atoms with Gasteiger partial charge in [0.25, 0.3) is 0 Å². The van der Waals surface area contributed by atoms with Crippen LogP contribution in [0, 0.1) is 0 Å². The number of nitrogens with zero attached hydrogens (tertiary/aromatic N) is 2. The van der Waals surface area contributed by atoms with Crippen molar-refractivity contribution in [2.24, 2.45) is 0 Å². The molecule has 2 N–H and O–H groups in total. The Morgan fingerprint density at radius 1 is 1.28 bits per heavy atom. The third-order valence-corrected chi connectivity index (χ3v) is 3.76. The maximum absolute atomic E-state index is 9.28. The van der Waals surface area contributed by atoms with Gasteiger partial charge in [-0.05, 0) is 58.9 Å². The van der Waals surface area contributed by atoms with Gasteiger partial charge in [-0.25, -0.2) is 0 Å². The van der Waals surface area contributed by atoms with Crippen molar-refractivity contribution >= 4 is 0 Å². The van der Waals surface area contributed by atoms with Gasteiger partial charge in [-0.1, -0.05) is 6.92 Å². The van der Waals surface area contributed by atoms with E-state index in [2.05, 4.69) is 29.1 Å². The molecule has 1 atom stereocenters. The van der Waals surface area contributed by atoms with Crippen LogP contribution in [0.2, 0.25) is 0 Å². The number of hydrogen-bond donors (Lipinski definition) is 2. The lowest BCUT2D eigenvalue weighted by atomic mass is 10.2. The normalized spacial score (nSPS) is 18.7. The van der Waals surface area contributed by atoms with E-state index >= 15 is 0 Å². The number of aliphatic hydroxyl groups excluding tert-OH is 1. The van der Waals surface area contributed by atoms with Gasteiger partial charge in [0.1, 0.15) is 0 Å². The zero-order valence-corrected chi connectivity index (χ0v) is 12.2. The van der Waals surface area contributed by atoms with E-state index in [-0.39, 0.29) is 12.6 Å². The highest BCUT2D eigenvalue weighted by molar-refractivity contribution is 4.70. The first kappa shape index (κ1) is 15.9. The molecule has 0 bridgehead atoms. The SMILES string of the molecule is CCCNC(CO)CCN(C)CCN1CCCC1. The molecule has 1 rings (SSSR count). The Morgan fingerprint density at radius 2 is 2.00 bits per heavy atom. The molecule has 0 amide bonds. The number of nitrogens with one attached hydrogen (secondary N) is 1. The lowest BCUT2D eigenvalue weighted by Gasteiger charge is -2.23. The average Bonchev–Trinajstić information content (AvgIpc) is 2.89. The van der Waals surface area contributed by atoms with E-state index in [9.17, 15) is 5.11 Å². The van der Waals surface area contributed by atoms with Crippen molar-refractivity contribution in [2.45, 2.75) is 38.6 Å². The van der Waals surface area contributed by atoms with Crippen LogP contribution in [0.5, 0.6) is 0 Å².